The molecular formula is C3H6O5. The van der Waals surface area contributed by atoms with E-state index in [1.165, 1.54) is 0 Å². The van der Waals surface area contributed by atoms with Gasteiger partial charge in [0, 0.05) is 0 Å². The van der Waals surface area contributed by atoms with Crippen LogP contribution in [-0.2, 0) is 9.68 Å². The maximum atomic E-state index is 9.86. The van der Waals surface area contributed by atoms with Crippen molar-refractivity contribution < 1.29 is 25.2 Å². The highest BCUT2D eigenvalue weighted by molar-refractivity contribution is 5.73. The van der Waals surface area contributed by atoms with Crippen LogP contribution >= 0.6 is 0 Å². The van der Waals surface area contributed by atoms with Crippen LogP contribution in [0, 0.1) is 0 Å². The predicted octanol–water partition coefficient (Wildman–Crippen LogP) is -1.64. The molecule has 0 aliphatic carbocycles. The first kappa shape index (κ1) is 7.35. The van der Waals surface area contributed by atoms with Crippen LogP contribution in [0.2, 0.25) is 0 Å². The first-order chi connectivity index (χ1) is 3.72. The zero-order chi connectivity index (χ0) is 6.57. The Morgan fingerprint density at radius 1 is 1.75 bits per heavy atom. The number of rotatable bonds is 2. The second-order valence-corrected chi connectivity index (χ2v) is 1.11. The van der Waals surface area contributed by atoms with Gasteiger partial charge in [-0.3, -0.25) is 4.89 Å². The average molecular weight is 122 g/mol. The Hall–Kier alpha value is -0.650. The topological polar surface area (TPSA) is 87.0 Å². The van der Waals surface area contributed by atoms with Crippen LogP contribution in [0.25, 0.3) is 0 Å². The van der Waals surface area contributed by atoms with Crippen molar-refractivity contribution in [3.63, 3.8) is 0 Å². The molecule has 0 aliphatic heterocycles. The Balaban J connectivity index is 3.46. The zero-order valence-electron chi connectivity index (χ0n) is 3.94. The van der Waals surface area contributed by atoms with E-state index in [2.05, 4.69) is 4.89 Å². The summed E-state index contributed by atoms with van der Waals surface area (Å²) in [6.07, 6.45) is -1.64. The Kier molecular flexibility index (Phi) is 3.09. The SMILES string of the molecule is O=C(OO)C(O)CO. The zero-order valence-corrected chi connectivity index (χ0v) is 3.94. The maximum absolute atomic E-state index is 9.86. The van der Waals surface area contributed by atoms with Gasteiger partial charge < -0.3 is 10.2 Å². The van der Waals surface area contributed by atoms with E-state index in [0.717, 1.165) is 0 Å². The summed E-state index contributed by atoms with van der Waals surface area (Å²) in [4.78, 5) is 12.9. The van der Waals surface area contributed by atoms with Gasteiger partial charge in [0.05, 0.1) is 6.61 Å². The van der Waals surface area contributed by atoms with Crippen molar-refractivity contribution >= 4 is 5.97 Å². The quantitative estimate of drug-likeness (QED) is 0.302. The highest BCUT2D eigenvalue weighted by Crippen LogP contribution is 1.82. The van der Waals surface area contributed by atoms with Crippen LogP contribution in [-0.4, -0.2) is 34.2 Å². The van der Waals surface area contributed by atoms with Gasteiger partial charge >= 0.3 is 5.97 Å². The Morgan fingerprint density at radius 2 is 2.25 bits per heavy atom. The van der Waals surface area contributed by atoms with Crippen molar-refractivity contribution in [2.45, 2.75) is 6.10 Å². The summed E-state index contributed by atoms with van der Waals surface area (Å²) in [5.74, 6) is -1.26. The molecule has 0 rings (SSSR count). The first-order valence-corrected chi connectivity index (χ1v) is 1.86. The van der Waals surface area contributed by atoms with Crippen LogP contribution < -0.4 is 0 Å². The molecule has 1 atom stereocenters. The molecule has 5 nitrogen and oxygen atoms in total. The van der Waals surface area contributed by atoms with Gasteiger partial charge in [0.15, 0.2) is 6.10 Å². The summed E-state index contributed by atoms with van der Waals surface area (Å²) >= 11 is 0. The smallest absolute Gasteiger partial charge is 0.372 e. The summed E-state index contributed by atoms with van der Waals surface area (Å²) in [6, 6.07) is 0. The van der Waals surface area contributed by atoms with Gasteiger partial charge in [-0.2, -0.15) is 5.26 Å². The lowest BCUT2D eigenvalue weighted by atomic mass is 10.4. The lowest BCUT2D eigenvalue weighted by molar-refractivity contribution is -0.243. The van der Waals surface area contributed by atoms with Crippen molar-refractivity contribution in [1.82, 2.24) is 0 Å². The summed E-state index contributed by atoms with van der Waals surface area (Å²) in [5.41, 5.74) is 0. The molecule has 0 aromatic rings. The molecule has 0 aromatic carbocycles. The van der Waals surface area contributed by atoms with Crippen molar-refractivity contribution in [1.29, 1.82) is 0 Å². The second kappa shape index (κ2) is 3.36. The van der Waals surface area contributed by atoms with Crippen molar-refractivity contribution in [2.24, 2.45) is 0 Å². The van der Waals surface area contributed by atoms with Crippen molar-refractivity contribution in [3.05, 3.63) is 0 Å². The summed E-state index contributed by atoms with van der Waals surface area (Å²) in [5, 5.41) is 23.7. The molecule has 0 fully saturated rings. The van der Waals surface area contributed by atoms with Crippen LogP contribution in [0.1, 0.15) is 0 Å². The Bertz CT molecular complexity index is 79.7. The third kappa shape index (κ3) is 1.87. The molecule has 3 N–H and O–H groups in total. The van der Waals surface area contributed by atoms with Crippen LogP contribution in [0.3, 0.4) is 0 Å². The van der Waals surface area contributed by atoms with Gasteiger partial charge in [0.2, 0.25) is 0 Å². The predicted molar refractivity (Wildman–Crippen MR) is 21.8 cm³/mol. The highest BCUT2D eigenvalue weighted by atomic mass is 17.1. The number of aliphatic hydroxyl groups excluding tert-OH is 2. The van der Waals surface area contributed by atoms with Crippen molar-refractivity contribution in [2.75, 3.05) is 6.61 Å². The van der Waals surface area contributed by atoms with Crippen LogP contribution in [0.15, 0.2) is 0 Å². The number of hydrogen-bond donors (Lipinski definition) is 3. The number of aliphatic hydroxyl groups is 2. The third-order valence-electron chi connectivity index (χ3n) is 0.535. The molecule has 0 aliphatic rings. The minimum absolute atomic E-state index is 0.751. The fourth-order valence-corrected chi connectivity index (χ4v) is 0.135. The highest BCUT2D eigenvalue weighted by Gasteiger charge is 2.14. The molecule has 1 unspecified atom stereocenters. The number of hydrogen-bond acceptors (Lipinski definition) is 5. The van der Waals surface area contributed by atoms with E-state index in [0.29, 0.717) is 0 Å². The minimum atomic E-state index is -1.64. The molecular weight excluding hydrogens is 116 g/mol. The maximum Gasteiger partial charge on any atom is 0.372 e. The molecule has 0 saturated heterocycles. The number of carbonyl (C=O) groups excluding carboxylic acids is 1. The van der Waals surface area contributed by atoms with Gasteiger partial charge in [-0.25, -0.2) is 4.79 Å². The number of carbonyl (C=O) groups is 1. The largest absolute Gasteiger partial charge is 0.393 e. The lowest BCUT2D eigenvalue weighted by Gasteiger charge is -1.98. The van der Waals surface area contributed by atoms with Crippen molar-refractivity contribution in [3.8, 4) is 0 Å². The lowest BCUT2D eigenvalue weighted by Crippen LogP contribution is -2.25. The van der Waals surface area contributed by atoms with E-state index in [1.54, 1.807) is 0 Å². The molecule has 0 spiro atoms. The molecule has 5 heteroatoms. The van der Waals surface area contributed by atoms with E-state index in [4.69, 9.17) is 15.5 Å². The Labute approximate surface area is 45.1 Å². The van der Waals surface area contributed by atoms with E-state index in [-0.39, 0.29) is 0 Å². The fraction of sp³-hybridized carbons (Fsp3) is 0.667. The van der Waals surface area contributed by atoms with Gasteiger partial charge in [-0.15, -0.1) is 0 Å². The van der Waals surface area contributed by atoms with Crippen LogP contribution in [0.5, 0.6) is 0 Å². The van der Waals surface area contributed by atoms with Gasteiger partial charge in [0.1, 0.15) is 0 Å². The second-order valence-electron chi connectivity index (χ2n) is 1.11. The van der Waals surface area contributed by atoms with Gasteiger partial charge in [-0.1, -0.05) is 0 Å². The molecule has 0 amide bonds. The van der Waals surface area contributed by atoms with E-state index >= 15 is 0 Å². The average Bonchev–Trinajstić information content (AvgIpc) is 1.84. The fourth-order valence-electron chi connectivity index (χ4n) is 0.135. The van der Waals surface area contributed by atoms with Gasteiger partial charge in [-0.05, 0) is 0 Å². The molecule has 48 valence electrons. The Morgan fingerprint density at radius 3 is 2.38 bits per heavy atom. The minimum Gasteiger partial charge on any atom is -0.393 e. The third-order valence-corrected chi connectivity index (χ3v) is 0.535. The molecule has 0 bridgehead atoms. The first-order valence-electron chi connectivity index (χ1n) is 1.86. The summed E-state index contributed by atoms with van der Waals surface area (Å²) in [7, 11) is 0. The normalized spacial score (nSPS) is 12.9. The summed E-state index contributed by atoms with van der Waals surface area (Å²) in [6.45, 7) is -0.751. The molecule has 0 aromatic heterocycles. The monoisotopic (exact) mass is 122 g/mol. The van der Waals surface area contributed by atoms with Crippen LogP contribution in [0.4, 0.5) is 0 Å². The molecule has 8 heavy (non-hydrogen) atoms. The van der Waals surface area contributed by atoms with E-state index in [1.807, 2.05) is 0 Å². The van der Waals surface area contributed by atoms with Gasteiger partial charge in [0.25, 0.3) is 0 Å². The van der Waals surface area contributed by atoms with E-state index < -0.39 is 18.7 Å². The standard InChI is InChI=1S/C3H6O5/c4-1-2(5)3(6)8-7/h2,4-5,7H,1H2. The molecule has 0 radical (unpaired) electrons. The summed E-state index contributed by atoms with van der Waals surface area (Å²) < 4.78 is 0. The molecule has 0 saturated carbocycles. The molecule has 0 heterocycles. The van der Waals surface area contributed by atoms with E-state index in [9.17, 15) is 4.79 Å².